The first-order chi connectivity index (χ1) is 10.1. The Morgan fingerprint density at radius 3 is 2.52 bits per heavy atom. The van der Waals surface area contributed by atoms with E-state index in [2.05, 4.69) is 24.1 Å². The fourth-order valence-electron chi connectivity index (χ4n) is 2.28. The normalized spacial score (nSPS) is 12.4. The second-order valence-electron chi connectivity index (χ2n) is 4.79. The lowest BCUT2D eigenvalue weighted by Gasteiger charge is -2.22. The first-order valence-electron chi connectivity index (χ1n) is 7.60. The second-order valence-corrected chi connectivity index (χ2v) is 4.79. The van der Waals surface area contributed by atoms with Gasteiger partial charge < -0.3 is 20.7 Å². The summed E-state index contributed by atoms with van der Waals surface area (Å²) in [6.07, 6.45) is 0. The van der Waals surface area contributed by atoms with Gasteiger partial charge in [-0.25, -0.2) is 0 Å². The van der Waals surface area contributed by atoms with Crippen molar-refractivity contribution in [3.63, 3.8) is 0 Å². The standard InChI is InChI=1S/C16H27N3O2/c1-4-19(5-2)12-11-18-15(16(17)20)13-9-7-8-10-14(13)21-6-3/h7-10,15,18H,4-6,11-12H2,1-3H3,(H2,17,20). The zero-order valence-electron chi connectivity index (χ0n) is 13.3. The number of nitrogens with two attached hydrogens (primary N) is 1. The van der Waals surface area contributed by atoms with Crippen molar-refractivity contribution in [1.29, 1.82) is 0 Å². The van der Waals surface area contributed by atoms with Crippen LogP contribution in [0.4, 0.5) is 0 Å². The summed E-state index contributed by atoms with van der Waals surface area (Å²) >= 11 is 0. The van der Waals surface area contributed by atoms with Gasteiger partial charge in [-0.3, -0.25) is 4.79 Å². The average Bonchev–Trinajstić information content (AvgIpc) is 2.48. The molecule has 3 N–H and O–H groups in total. The summed E-state index contributed by atoms with van der Waals surface area (Å²) in [6.45, 7) is 10.3. The molecule has 1 rings (SSSR count). The molecular formula is C16H27N3O2. The van der Waals surface area contributed by atoms with Crippen LogP contribution in [0.3, 0.4) is 0 Å². The number of benzene rings is 1. The van der Waals surface area contributed by atoms with Gasteiger partial charge in [0.1, 0.15) is 11.8 Å². The van der Waals surface area contributed by atoms with E-state index < -0.39 is 6.04 Å². The monoisotopic (exact) mass is 293 g/mol. The van der Waals surface area contributed by atoms with Gasteiger partial charge in [-0.2, -0.15) is 0 Å². The van der Waals surface area contributed by atoms with Gasteiger partial charge in [-0.15, -0.1) is 0 Å². The van der Waals surface area contributed by atoms with E-state index in [1.165, 1.54) is 0 Å². The van der Waals surface area contributed by atoms with E-state index >= 15 is 0 Å². The summed E-state index contributed by atoms with van der Waals surface area (Å²) in [6, 6.07) is 7.00. The van der Waals surface area contributed by atoms with Crippen molar-refractivity contribution in [3.05, 3.63) is 29.8 Å². The molecule has 118 valence electrons. The van der Waals surface area contributed by atoms with E-state index in [1.807, 2.05) is 31.2 Å². The molecule has 0 bridgehead atoms. The van der Waals surface area contributed by atoms with Crippen molar-refractivity contribution in [1.82, 2.24) is 10.2 Å². The highest BCUT2D eigenvalue weighted by Crippen LogP contribution is 2.24. The van der Waals surface area contributed by atoms with Crippen molar-refractivity contribution >= 4 is 5.91 Å². The zero-order valence-corrected chi connectivity index (χ0v) is 13.3. The molecule has 0 saturated carbocycles. The number of ether oxygens (including phenoxy) is 1. The van der Waals surface area contributed by atoms with Crippen LogP contribution < -0.4 is 15.8 Å². The van der Waals surface area contributed by atoms with Crippen LogP contribution in [0.2, 0.25) is 0 Å². The molecule has 1 unspecified atom stereocenters. The Labute approximate surface area is 127 Å². The maximum Gasteiger partial charge on any atom is 0.239 e. The van der Waals surface area contributed by atoms with Gasteiger partial charge in [0.2, 0.25) is 5.91 Å². The van der Waals surface area contributed by atoms with Gasteiger partial charge in [0.05, 0.1) is 6.61 Å². The number of primary amides is 1. The lowest BCUT2D eigenvalue weighted by Crippen LogP contribution is -2.39. The minimum Gasteiger partial charge on any atom is -0.494 e. The average molecular weight is 293 g/mol. The minimum atomic E-state index is -0.525. The fourth-order valence-corrected chi connectivity index (χ4v) is 2.28. The Hall–Kier alpha value is -1.59. The number of carbonyl (C=O) groups is 1. The number of nitrogens with zero attached hydrogens (tertiary/aromatic N) is 1. The van der Waals surface area contributed by atoms with Crippen LogP contribution in [-0.4, -0.2) is 43.6 Å². The van der Waals surface area contributed by atoms with Crippen molar-refractivity contribution < 1.29 is 9.53 Å². The predicted molar refractivity (Wildman–Crippen MR) is 85.3 cm³/mol. The van der Waals surface area contributed by atoms with E-state index in [4.69, 9.17) is 10.5 Å². The van der Waals surface area contributed by atoms with Gasteiger partial charge in [-0.1, -0.05) is 32.0 Å². The molecule has 1 aromatic carbocycles. The van der Waals surface area contributed by atoms with E-state index in [1.54, 1.807) is 0 Å². The summed E-state index contributed by atoms with van der Waals surface area (Å²) in [5, 5.41) is 3.24. The molecule has 0 aliphatic carbocycles. The molecule has 0 saturated heterocycles. The van der Waals surface area contributed by atoms with Crippen LogP contribution in [0.25, 0.3) is 0 Å². The molecule has 0 aliphatic heterocycles. The van der Waals surface area contributed by atoms with E-state index in [-0.39, 0.29) is 5.91 Å². The number of rotatable bonds is 10. The van der Waals surface area contributed by atoms with Crippen LogP contribution in [0, 0.1) is 0 Å². The van der Waals surface area contributed by atoms with E-state index in [9.17, 15) is 4.79 Å². The van der Waals surface area contributed by atoms with Gasteiger partial charge in [0, 0.05) is 18.7 Å². The maximum atomic E-state index is 11.8. The number of para-hydroxylation sites is 1. The van der Waals surface area contributed by atoms with Crippen LogP contribution in [-0.2, 0) is 4.79 Å². The first-order valence-corrected chi connectivity index (χ1v) is 7.60. The minimum absolute atomic E-state index is 0.387. The Bertz CT molecular complexity index is 433. The maximum absolute atomic E-state index is 11.8. The molecular weight excluding hydrogens is 266 g/mol. The van der Waals surface area contributed by atoms with Gasteiger partial charge in [0.15, 0.2) is 0 Å². The molecule has 0 spiro atoms. The number of nitrogens with one attached hydrogen (secondary N) is 1. The zero-order chi connectivity index (χ0) is 15.7. The van der Waals surface area contributed by atoms with Crippen LogP contribution in [0.15, 0.2) is 24.3 Å². The third-order valence-corrected chi connectivity index (χ3v) is 3.49. The van der Waals surface area contributed by atoms with Gasteiger partial charge >= 0.3 is 0 Å². The Balaban J connectivity index is 2.76. The third kappa shape index (κ3) is 5.36. The molecule has 1 atom stereocenters. The molecule has 0 fully saturated rings. The summed E-state index contributed by atoms with van der Waals surface area (Å²) in [5.74, 6) is 0.320. The van der Waals surface area contributed by atoms with Crippen molar-refractivity contribution in [3.8, 4) is 5.75 Å². The molecule has 5 heteroatoms. The molecule has 0 aliphatic rings. The molecule has 21 heavy (non-hydrogen) atoms. The second kappa shape index (κ2) is 9.37. The van der Waals surface area contributed by atoms with Crippen molar-refractivity contribution in [2.24, 2.45) is 5.73 Å². The molecule has 0 heterocycles. The largest absolute Gasteiger partial charge is 0.494 e. The lowest BCUT2D eigenvalue weighted by atomic mass is 10.1. The Morgan fingerprint density at radius 1 is 1.29 bits per heavy atom. The van der Waals surface area contributed by atoms with Gasteiger partial charge in [0.25, 0.3) is 0 Å². The number of hydrogen-bond acceptors (Lipinski definition) is 4. The van der Waals surface area contributed by atoms with Crippen LogP contribution in [0.5, 0.6) is 5.75 Å². The fraction of sp³-hybridized carbons (Fsp3) is 0.562. The third-order valence-electron chi connectivity index (χ3n) is 3.49. The summed E-state index contributed by atoms with van der Waals surface area (Å²) in [5.41, 5.74) is 6.34. The molecule has 1 amide bonds. The number of amides is 1. The number of hydrogen-bond donors (Lipinski definition) is 2. The van der Waals surface area contributed by atoms with Crippen molar-refractivity contribution in [2.45, 2.75) is 26.8 Å². The highest BCUT2D eigenvalue weighted by Gasteiger charge is 2.20. The van der Waals surface area contributed by atoms with Gasteiger partial charge in [-0.05, 0) is 26.1 Å². The summed E-state index contributed by atoms with van der Waals surface area (Å²) < 4.78 is 5.58. The van der Waals surface area contributed by atoms with E-state index in [0.29, 0.717) is 18.9 Å². The Kier molecular flexibility index (Phi) is 7.79. The highest BCUT2D eigenvalue weighted by molar-refractivity contribution is 5.82. The van der Waals surface area contributed by atoms with Crippen LogP contribution in [0.1, 0.15) is 32.4 Å². The number of carbonyl (C=O) groups excluding carboxylic acids is 1. The Morgan fingerprint density at radius 2 is 1.95 bits per heavy atom. The SMILES string of the molecule is CCOc1ccccc1C(NCCN(CC)CC)C(N)=O. The smallest absolute Gasteiger partial charge is 0.239 e. The highest BCUT2D eigenvalue weighted by atomic mass is 16.5. The van der Waals surface area contributed by atoms with Crippen molar-refractivity contribution in [2.75, 3.05) is 32.8 Å². The lowest BCUT2D eigenvalue weighted by molar-refractivity contribution is -0.120. The number of likely N-dealkylation sites (N-methyl/N-ethyl adjacent to an activating group) is 1. The molecule has 0 aromatic heterocycles. The summed E-state index contributed by atoms with van der Waals surface area (Å²) in [7, 11) is 0. The molecule has 1 aromatic rings. The topological polar surface area (TPSA) is 67.6 Å². The molecule has 0 radical (unpaired) electrons. The van der Waals surface area contributed by atoms with Crippen LogP contribution >= 0.6 is 0 Å². The summed E-state index contributed by atoms with van der Waals surface area (Å²) in [4.78, 5) is 14.1. The quantitative estimate of drug-likeness (QED) is 0.687. The van der Waals surface area contributed by atoms with E-state index in [0.717, 1.165) is 25.2 Å². The first kappa shape index (κ1) is 17.5. The molecule has 5 nitrogen and oxygen atoms in total. The predicted octanol–water partition coefficient (Wildman–Crippen LogP) is 1.54.